The first kappa shape index (κ1) is 14.7. The summed E-state index contributed by atoms with van der Waals surface area (Å²) in [4.78, 5) is -0.106. The van der Waals surface area contributed by atoms with Gasteiger partial charge in [0.1, 0.15) is 5.82 Å². The van der Waals surface area contributed by atoms with Crippen LogP contribution in [-0.2, 0) is 23.1 Å². The van der Waals surface area contributed by atoms with E-state index >= 15 is 0 Å². The summed E-state index contributed by atoms with van der Waals surface area (Å²) in [6, 6.07) is 5.57. The molecule has 20 heavy (non-hydrogen) atoms. The third-order valence-corrected chi connectivity index (χ3v) is 4.84. The molecule has 108 valence electrons. The van der Waals surface area contributed by atoms with Crippen LogP contribution in [0.4, 0.5) is 4.39 Å². The van der Waals surface area contributed by atoms with E-state index in [0.29, 0.717) is 5.56 Å². The van der Waals surface area contributed by atoms with Gasteiger partial charge in [-0.15, -0.1) is 0 Å². The molecule has 0 aliphatic rings. The van der Waals surface area contributed by atoms with Crippen molar-refractivity contribution in [2.24, 2.45) is 5.73 Å². The second-order valence-electron chi connectivity index (χ2n) is 4.31. The van der Waals surface area contributed by atoms with Crippen LogP contribution in [0.5, 0.6) is 0 Å². The summed E-state index contributed by atoms with van der Waals surface area (Å²) in [7, 11) is -2.38. The molecule has 0 aliphatic carbocycles. The second-order valence-corrected chi connectivity index (χ2v) is 6.33. The smallest absolute Gasteiger partial charge is 0.243 e. The summed E-state index contributed by atoms with van der Waals surface area (Å²) in [5.74, 6) is -0.620. The molecule has 2 N–H and O–H groups in total. The minimum atomic E-state index is -3.81. The van der Waals surface area contributed by atoms with Crippen LogP contribution >= 0.6 is 0 Å². The Balaban J connectivity index is 2.37. The molecule has 0 unspecified atom stereocenters. The van der Waals surface area contributed by atoms with Crippen molar-refractivity contribution in [1.29, 1.82) is 0 Å². The zero-order valence-electron chi connectivity index (χ0n) is 10.9. The van der Waals surface area contributed by atoms with Gasteiger partial charge >= 0.3 is 0 Å². The van der Waals surface area contributed by atoms with Crippen LogP contribution in [0.15, 0.2) is 46.1 Å². The summed E-state index contributed by atoms with van der Waals surface area (Å²) in [6.07, 6.45) is 2.92. The minimum absolute atomic E-state index is 0.00783. The average molecular weight is 298 g/mol. The Kier molecular flexibility index (Phi) is 4.22. The number of nitrogens with zero attached hydrogens (tertiary/aromatic N) is 1. The zero-order valence-corrected chi connectivity index (χ0v) is 11.7. The predicted molar refractivity (Wildman–Crippen MR) is 71.7 cm³/mol. The number of benzene rings is 1. The van der Waals surface area contributed by atoms with E-state index in [2.05, 4.69) is 0 Å². The first-order valence-corrected chi connectivity index (χ1v) is 7.35. The van der Waals surface area contributed by atoms with E-state index in [1.807, 2.05) is 0 Å². The molecule has 0 aliphatic heterocycles. The molecule has 2 aromatic rings. The number of hydrogen-bond acceptors (Lipinski definition) is 4. The number of nitrogens with two attached hydrogens (primary N) is 1. The van der Waals surface area contributed by atoms with Crippen molar-refractivity contribution in [2.45, 2.75) is 18.0 Å². The van der Waals surface area contributed by atoms with Crippen LogP contribution in [0.25, 0.3) is 0 Å². The van der Waals surface area contributed by atoms with Gasteiger partial charge in [0.05, 0.1) is 17.4 Å². The van der Waals surface area contributed by atoms with Crippen molar-refractivity contribution in [2.75, 3.05) is 7.05 Å². The summed E-state index contributed by atoms with van der Waals surface area (Å²) in [5.41, 5.74) is 6.15. The molecule has 0 spiro atoms. The topological polar surface area (TPSA) is 76.5 Å². The van der Waals surface area contributed by atoms with E-state index in [1.54, 1.807) is 6.07 Å². The Morgan fingerprint density at radius 2 is 2.10 bits per heavy atom. The van der Waals surface area contributed by atoms with Crippen LogP contribution in [0.1, 0.15) is 11.1 Å². The number of sulfonamides is 1. The molecule has 1 aromatic carbocycles. The first-order chi connectivity index (χ1) is 9.46. The minimum Gasteiger partial charge on any atom is -0.472 e. The third kappa shape index (κ3) is 2.74. The molecule has 1 aromatic heterocycles. The molecular formula is C13H15FN2O3S. The maximum absolute atomic E-state index is 13.6. The van der Waals surface area contributed by atoms with E-state index in [1.165, 1.54) is 37.8 Å². The largest absolute Gasteiger partial charge is 0.472 e. The monoisotopic (exact) mass is 298 g/mol. The van der Waals surface area contributed by atoms with Crippen molar-refractivity contribution in [3.8, 4) is 0 Å². The van der Waals surface area contributed by atoms with Crippen molar-refractivity contribution in [1.82, 2.24) is 4.31 Å². The van der Waals surface area contributed by atoms with Crippen molar-refractivity contribution in [3.05, 3.63) is 53.7 Å². The van der Waals surface area contributed by atoms with Gasteiger partial charge in [-0.05, 0) is 18.2 Å². The van der Waals surface area contributed by atoms with Gasteiger partial charge in [0.25, 0.3) is 0 Å². The highest BCUT2D eigenvalue weighted by Crippen LogP contribution is 2.22. The number of rotatable bonds is 5. The van der Waals surface area contributed by atoms with Gasteiger partial charge in [-0.25, -0.2) is 12.8 Å². The highest BCUT2D eigenvalue weighted by molar-refractivity contribution is 7.89. The molecule has 0 saturated heterocycles. The molecule has 1 heterocycles. The molecule has 0 saturated carbocycles. The summed E-state index contributed by atoms with van der Waals surface area (Å²) >= 11 is 0. The molecule has 0 atom stereocenters. The van der Waals surface area contributed by atoms with Crippen LogP contribution in [0, 0.1) is 5.82 Å². The molecule has 7 heteroatoms. The molecular weight excluding hydrogens is 283 g/mol. The molecule has 0 bridgehead atoms. The fraction of sp³-hybridized carbons (Fsp3) is 0.231. The lowest BCUT2D eigenvalue weighted by Gasteiger charge is -2.18. The van der Waals surface area contributed by atoms with Gasteiger partial charge in [0.15, 0.2) is 0 Å². The van der Waals surface area contributed by atoms with Crippen molar-refractivity contribution < 1.29 is 17.2 Å². The second kappa shape index (κ2) is 5.74. The third-order valence-electron chi connectivity index (χ3n) is 2.95. The molecule has 0 fully saturated rings. The summed E-state index contributed by atoms with van der Waals surface area (Å²) in [5, 5.41) is 0. The van der Waals surface area contributed by atoms with E-state index in [0.717, 1.165) is 4.31 Å². The first-order valence-electron chi connectivity index (χ1n) is 5.91. The SMILES string of the molecule is CN(Cc1ccoc1)S(=O)(=O)c1cccc(F)c1CN. The fourth-order valence-electron chi connectivity index (χ4n) is 1.87. The maximum atomic E-state index is 13.6. The summed E-state index contributed by atoms with van der Waals surface area (Å²) < 4.78 is 44.6. The Hall–Kier alpha value is -1.70. The van der Waals surface area contributed by atoms with Crippen molar-refractivity contribution >= 4 is 10.0 Å². The normalized spacial score (nSPS) is 12.0. The molecule has 5 nitrogen and oxygen atoms in total. The lowest BCUT2D eigenvalue weighted by Crippen LogP contribution is -2.28. The van der Waals surface area contributed by atoms with Crippen LogP contribution < -0.4 is 5.73 Å². The van der Waals surface area contributed by atoms with Gasteiger partial charge in [-0.2, -0.15) is 4.31 Å². The summed E-state index contributed by atoms with van der Waals surface area (Å²) in [6.45, 7) is -0.0415. The Morgan fingerprint density at radius 1 is 1.35 bits per heavy atom. The van der Waals surface area contributed by atoms with Gasteiger partial charge in [0, 0.05) is 31.3 Å². The average Bonchev–Trinajstić information content (AvgIpc) is 2.91. The Bertz CT molecular complexity index is 684. The number of halogens is 1. The Morgan fingerprint density at radius 3 is 2.70 bits per heavy atom. The highest BCUT2D eigenvalue weighted by atomic mass is 32.2. The fourth-order valence-corrected chi connectivity index (χ4v) is 3.27. The quantitative estimate of drug-likeness (QED) is 0.911. The molecule has 2 rings (SSSR count). The lowest BCUT2D eigenvalue weighted by molar-refractivity contribution is 0.461. The maximum Gasteiger partial charge on any atom is 0.243 e. The standard InChI is InChI=1S/C13H15FN2O3S/c1-16(8-10-5-6-19-9-10)20(17,18)13-4-2-3-12(14)11(13)7-15/h2-6,9H,7-8,15H2,1H3. The number of hydrogen-bond donors (Lipinski definition) is 1. The molecule has 0 radical (unpaired) electrons. The lowest BCUT2D eigenvalue weighted by atomic mass is 10.2. The highest BCUT2D eigenvalue weighted by Gasteiger charge is 2.25. The van der Waals surface area contributed by atoms with Gasteiger partial charge in [0.2, 0.25) is 10.0 Å². The van der Waals surface area contributed by atoms with Gasteiger partial charge in [-0.1, -0.05) is 6.07 Å². The van der Waals surface area contributed by atoms with Crippen LogP contribution in [0.3, 0.4) is 0 Å². The molecule has 0 amide bonds. The predicted octanol–water partition coefficient (Wildman–Crippen LogP) is 1.70. The van der Waals surface area contributed by atoms with E-state index in [-0.39, 0.29) is 23.5 Å². The van der Waals surface area contributed by atoms with Crippen molar-refractivity contribution in [3.63, 3.8) is 0 Å². The van der Waals surface area contributed by atoms with Crippen LogP contribution in [-0.4, -0.2) is 19.8 Å². The Labute approximate surface area is 116 Å². The van der Waals surface area contributed by atoms with Crippen LogP contribution in [0.2, 0.25) is 0 Å². The van der Waals surface area contributed by atoms with E-state index in [9.17, 15) is 12.8 Å². The van der Waals surface area contributed by atoms with Gasteiger partial charge in [-0.3, -0.25) is 0 Å². The van der Waals surface area contributed by atoms with E-state index in [4.69, 9.17) is 10.2 Å². The zero-order chi connectivity index (χ0) is 14.8. The van der Waals surface area contributed by atoms with Gasteiger partial charge < -0.3 is 10.2 Å². The van der Waals surface area contributed by atoms with E-state index < -0.39 is 15.8 Å². The number of furan rings is 1.